The summed E-state index contributed by atoms with van der Waals surface area (Å²) in [5.41, 5.74) is 0. The predicted molar refractivity (Wildman–Crippen MR) is 104 cm³/mol. The smallest absolute Gasteiger partial charge is 0.217 e. The van der Waals surface area contributed by atoms with Crippen LogP contribution in [0.15, 0.2) is 0 Å². The van der Waals surface area contributed by atoms with E-state index in [9.17, 15) is 20.1 Å². The lowest BCUT2D eigenvalue weighted by Crippen LogP contribution is -2.65. The van der Waals surface area contributed by atoms with E-state index in [-0.39, 0.29) is 6.61 Å². The number of hydrogen-bond donors (Lipinski definition) is 4. The van der Waals surface area contributed by atoms with Gasteiger partial charge in [-0.3, -0.25) is 4.79 Å². The molecule has 0 aromatic heterocycles. The van der Waals surface area contributed by atoms with Gasteiger partial charge in [-0.05, 0) is 27.7 Å². The maximum absolute atomic E-state index is 11.6. The quantitative estimate of drug-likeness (QED) is 0.370. The van der Waals surface area contributed by atoms with Crippen molar-refractivity contribution < 1.29 is 53.3 Å². The first kappa shape index (κ1) is 24.2. The number of hydrogen-bond acceptors (Lipinski definition) is 11. The van der Waals surface area contributed by atoms with E-state index in [0.717, 1.165) is 0 Å². The minimum absolute atomic E-state index is 0.0602. The number of carbonyl (C=O) groups excluding carboxylic acids is 1. The first-order chi connectivity index (χ1) is 14.9. The van der Waals surface area contributed by atoms with E-state index in [1.807, 2.05) is 0 Å². The highest BCUT2D eigenvalue weighted by Gasteiger charge is 2.61. The van der Waals surface area contributed by atoms with Gasteiger partial charge in [0.15, 0.2) is 24.2 Å². The standard InChI is InChI=1S/C20H33NO11/c1-8(23)21-11-13(25)12(24)9(6-22)27-17(11)26-7-10-14-15(30-19(2,3)29-14)16-18(28-10)32-20(4,5)31-16/h9-18,22,24-25H,6-7H2,1-5H3,(H,21,23)/t9-,10-,11-,12-,13-,14+,15+,16-,17-,18-/m1/s1. The van der Waals surface area contributed by atoms with Crippen LogP contribution >= 0.6 is 0 Å². The van der Waals surface area contributed by atoms with E-state index in [1.165, 1.54) is 6.92 Å². The Morgan fingerprint density at radius 1 is 0.906 bits per heavy atom. The second-order valence-electron chi connectivity index (χ2n) is 9.47. The van der Waals surface area contributed by atoms with Crippen LogP contribution in [0.2, 0.25) is 0 Å². The zero-order valence-corrected chi connectivity index (χ0v) is 18.8. The molecule has 10 atom stereocenters. The molecular weight excluding hydrogens is 430 g/mol. The van der Waals surface area contributed by atoms with Crippen molar-refractivity contribution >= 4 is 5.91 Å². The summed E-state index contributed by atoms with van der Waals surface area (Å²) in [6.45, 7) is 7.82. The van der Waals surface area contributed by atoms with Crippen LogP contribution in [0.4, 0.5) is 0 Å². The zero-order chi connectivity index (χ0) is 23.4. The van der Waals surface area contributed by atoms with Gasteiger partial charge in [-0.25, -0.2) is 0 Å². The summed E-state index contributed by atoms with van der Waals surface area (Å²) in [4.78, 5) is 11.6. The summed E-state index contributed by atoms with van der Waals surface area (Å²) in [5, 5.41) is 32.6. The Bertz CT molecular complexity index is 703. The summed E-state index contributed by atoms with van der Waals surface area (Å²) in [6.07, 6.45) is -7.86. The number of amides is 1. The van der Waals surface area contributed by atoms with Gasteiger partial charge in [0, 0.05) is 6.92 Å². The maximum atomic E-state index is 11.6. The van der Waals surface area contributed by atoms with Gasteiger partial charge in [0.1, 0.15) is 48.8 Å². The number of aliphatic hydroxyl groups excluding tert-OH is 3. The molecular formula is C20H33NO11. The van der Waals surface area contributed by atoms with Crippen molar-refractivity contribution in [3.05, 3.63) is 0 Å². The van der Waals surface area contributed by atoms with Gasteiger partial charge in [0.2, 0.25) is 5.91 Å². The molecule has 0 aromatic carbocycles. The van der Waals surface area contributed by atoms with Crippen LogP contribution in [-0.4, -0.2) is 107 Å². The van der Waals surface area contributed by atoms with Crippen LogP contribution in [0.5, 0.6) is 0 Å². The Kier molecular flexibility index (Phi) is 6.57. The molecule has 184 valence electrons. The van der Waals surface area contributed by atoms with Crippen molar-refractivity contribution in [2.24, 2.45) is 0 Å². The molecule has 0 aliphatic carbocycles. The second kappa shape index (κ2) is 8.69. The average Bonchev–Trinajstić information content (AvgIpc) is 3.18. The highest BCUT2D eigenvalue weighted by molar-refractivity contribution is 5.73. The van der Waals surface area contributed by atoms with Gasteiger partial charge < -0.3 is 53.8 Å². The molecule has 12 heteroatoms. The summed E-state index contributed by atoms with van der Waals surface area (Å²) in [7, 11) is 0. The number of ether oxygens (including phenoxy) is 7. The first-order valence-electron chi connectivity index (χ1n) is 10.8. The minimum atomic E-state index is -1.41. The van der Waals surface area contributed by atoms with E-state index < -0.39 is 85.4 Å². The van der Waals surface area contributed by atoms with Gasteiger partial charge in [-0.1, -0.05) is 0 Å². The van der Waals surface area contributed by atoms with Crippen molar-refractivity contribution in [1.82, 2.24) is 5.32 Å². The van der Waals surface area contributed by atoms with E-state index in [1.54, 1.807) is 27.7 Å². The average molecular weight is 463 g/mol. The van der Waals surface area contributed by atoms with Crippen LogP contribution in [-0.2, 0) is 38.0 Å². The van der Waals surface area contributed by atoms with Gasteiger partial charge in [0.05, 0.1) is 13.2 Å². The van der Waals surface area contributed by atoms with Crippen molar-refractivity contribution in [2.75, 3.05) is 13.2 Å². The topological polar surface area (TPSA) is 154 Å². The lowest BCUT2D eigenvalue weighted by Gasteiger charge is -2.43. The lowest BCUT2D eigenvalue weighted by molar-refractivity contribution is -0.292. The molecule has 4 aliphatic heterocycles. The molecule has 4 N–H and O–H groups in total. The molecule has 4 aliphatic rings. The Morgan fingerprint density at radius 2 is 1.53 bits per heavy atom. The first-order valence-corrected chi connectivity index (χ1v) is 10.8. The van der Waals surface area contributed by atoms with E-state index in [0.29, 0.717) is 0 Å². The molecule has 1 amide bonds. The molecule has 0 spiro atoms. The fourth-order valence-corrected chi connectivity index (χ4v) is 4.63. The molecule has 4 fully saturated rings. The third-order valence-electron chi connectivity index (χ3n) is 5.93. The van der Waals surface area contributed by atoms with Gasteiger partial charge in [-0.15, -0.1) is 0 Å². The number of carbonyl (C=O) groups is 1. The Balaban J connectivity index is 1.49. The SMILES string of the molecule is CC(=O)N[C@H]1[C@H](OC[C@H]2O[C@@H]3OC(C)(C)O[C@@H]3[C@H]3OC(C)(C)O[C@H]32)O[C@H](CO)[C@@H](O)[C@@H]1O. The van der Waals surface area contributed by atoms with Crippen molar-refractivity contribution in [3.8, 4) is 0 Å². The Morgan fingerprint density at radius 3 is 2.19 bits per heavy atom. The monoisotopic (exact) mass is 463 g/mol. The Hall–Kier alpha value is -0.930. The molecule has 32 heavy (non-hydrogen) atoms. The zero-order valence-electron chi connectivity index (χ0n) is 18.8. The van der Waals surface area contributed by atoms with E-state index in [2.05, 4.69) is 5.32 Å². The van der Waals surface area contributed by atoms with Gasteiger partial charge in [0.25, 0.3) is 0 Å². The van der Waals surface area contributed by atoms with Crippen LogP contribution in [0, 0.1) is 0 Å². The largest absolute Gasteiger partial charge is 0.394 e. The summed E-state index contributed by atoms with van der Waals surface area (Å²) in [5.74, 6) is -2.17. The molecule has 0 bridgehead atoms. The fourth-order valence-electron chi connectivity index (χ4n) is 4.63. The van der Waals surface area contributed by atoms with E-state index >= 15 is 0 Å². The molecule has 4 rings (SSSR count). The number of rotatable bonds is 5. The molecule has 4 saturated heterocycles. The van der Waals surface area contributed by atoms with Crippen LogP contribution in [0.3, 0.4) is 0 Å². The molecule has 0 unspecified atom stereocenters. The molecule has 4 heterocycles. The third kappa shape index (κ3) is 4.67. The maximum Gasteiger partial charge on any atom is 0.217 e. The van der Waals surface area contributed by atoms with Gasteiger partial charge >= 0.3 is 0 Å². The van der Waals surface area contributed by atoms with Crippen molar-refractivity contribution in [1.29, 1.82) is 0 Å². The number of fused-ring (bicyclic) bond motifs is 3. The van der Waals surface area contributed by atoms with Crippen molar-refractivity contribution in [2.45, 2.75) is 108 Å². The fraction of sp³-hybridized carbons (Fsp3) is 0.950. The van der Waals surface area contributed by atoms with Crippen molar-refractivity contribution in [3.63, 3.8) is 0 Å². The normalized spacial score (nSPS) is 47.0. The lowest BCUT2D eigenvalue weighted by atomic mass is 9.96. The van der Waals surface area contributed by atoms with Crippen LogP contribution in [0.25, 0.3) is 0 Å². The summed E-state index contributed by atoms with van der Waals surface area (Å²) >= 11 is 0. The molecule has 12 nitrogen and oxygen atoms in total. The van der Waals surface area contributed by atoms with E-state index in [4.69, 9.17) is 33.2 Å². The number of nitrogens with one attached hydrogen (secondary N) is 1. The van der Waals surface area contributed by atoms with Gasteiger partial charge in [-0.2, -0.15) is 0 Å². The minimum Gasteiger partial charge on any atom is -0.394 e. The molecule has 0 radical (unpaired) electrons. The Labute approximate surface area is 186 Å². The van der Waals surface area contributed by atoms with Crippen LogP contribution < -0.4 is 5.32 Å². The highest BCUT2D eigenvalue weighted by atomic mass is 16.9. The van der Waals surface area contributed by atoms with Crippen LogP contribution in [0.1, 0.15) is 34.6 Å². The number of aliphatic hydroxyl groups is 3. The molecule has 0 saturated carbocycles. The highest BCUT2D eigenvalue weighted by Crippen LogP contribution is 2.44. The summed E-state index contributed by atoms with van der Waals surface area (Å²) < 4.78 is 41.5. The second-order valence-corrected chi connectivity index (χ2v) is 9.47. The third-order valence-corrected chi connectivity index (χ3v) is 5.93. The molecule has 0 aromatic rings. The summed E-state index contributed by atoms with van der Waals surface area (Å²) in [6, 6.07) is -1.06. The predicted octanol–water partition coefficient (Wildman–Crippen LogP) is -1.66.